The zero-order valence-electron chi connectivity index (χ0n) is 10.3. The van der Waals surface area contributed by atoms with Gasteiger partial charge in [-0.2, -0.15) is 0 Å². The van der Waals surface area contributed by atoms with Crippen LogP contribution in [0.2, 0.25) is 5.54 Å². The number of fused-ring (bicyclic) bond motifs is 2. The van der Waals surface area contributed by atoms with Crippen molar-refractivity contribution in [2.24, 2.45) is 11.8 Å². The van der Waals surface area contributed by atoms with Crippen molar-refractivity contribution in [2.45, 2.75) is 31.7 Å². The average Bonchev–Trinajstić information content (AvgIpc) is 2.88. The van der Waals surface area contributed by atoms with E-state index in [1.807, 2.05) is 0 Å². The second-order valence-corrected chi connectivity index (χ2v) is 13.1. The Kier molecular flexibility index (Phi) is 4.12. The number of hydrogen-bond donors (Lipinski definition) is 0. The van der Waals surface area contributed by atoms with Crippen molar-refractivity contribution in [3.05, 3.63) is 11.6 Å². The molecular weight excluding hydrogens is 284 g/mol. The normalized spacial score (nSPS) is 49.1. The summed E-state index contributed by atoms with van der Waals surface area (Å²) >= 11 is 0. The van der Waals surface area contributed by atoms with Gasteiger partial charge < -0.3 is 16.5 Å². The molecule has 0 aromatic heterocycles. The Balaban J connectivity index is 1.73. The quantitative estimate of drug-likeness (QED) is 0.461. The van der Waals surface area contributed by atoms with E-state index < -0.39 is 39.3 Å². The molecule has 1 aliphatic heterocycles. The summed E-state index contributed by atoms with van der Waals surface area (Å²) < 4.78 is 23.1. The Morgan fingerprint density at radius 2 is 1.94 bits per heavy atom. The van der Waals surface area contributed by atoms with Gasteiger partial charge in [0.2, 0.25) is 0 Å². The molecule has 0 aromatic carbocycles. The second kappa shape index (κ2) is 5.61. The van der Waals surface area contributed by atoms with Crippen LogP contribution in [-0.2, 0) is 16.5 Å². The first-order valence-corrected chi connectivity index (χ1v) is 11.5. The van der Waals surface area contributed by atoms with Gasteiger partial charge in [0, 0.05) is 5.54 Å². The maximum Gasteiger partial charge on any atom is 0.310 e. The molecule has 0 N–H and O–H groups in total. The molecule has 0 radical (unpaired) electrons. The van der Waals surface area contributed by atoms with Gasteiger partial charge in [-0.15, -0.1) is 0 Å². The topological polar surface area (TPSA) is 36.9 Å². The van der Waals surface area contributed by atoms with E-state index in [4.69, 9.17) is 16.5 Å². The lowest BCUT2D eigenvalue weighted by Gasteiger charge is -2.32. The van der Waals surface area contributed by atoms with E-state index in [0.29, 0.717) is 5.54 Å². The third-order valence-electron chi connectivity index (χ3n) is 4.26. The van der Waals surface area contributed by atoms with Crippen LogP contribution >= 0.6 is 0 Å². The molecule has 3 rings (SSSR count). The number of rotatable bonds is 1. The van der Waals surface area contributed by atoms with Gasteiger partial charge in [-0.1, -0.05) is 11.6 Å². The fourth-order valence-electron chi connectivity index (χ4n) is 3.61. The third-order valence-corrected chi connectivity index (χ3v) is 12.2. The summed E-state index contributed by atoms with van der Waals surface area (Å²) in [5.41, 5.74) is 2.27. The highest BCUT2D eigenvalue weighted by Gasteiger charge is 2.48. The summed E-state index contributed by atoms with van der Waals surface area (Å²) in [4.78, 5) is 0. The molecule has 3 aliphatic rings. The van der Waals surface area contributed by atoms with Gasteiger partial charge in [0.15, 0.2) is 0 Å². The Bertz CT molecular complexity index is 305. The Morgan fingerprint density at radius 3 is 2.65 bits per heavy atom. The maximum absolute atomic E-state index is 6.03. The summed E-state index contributed by atoms with van der Waals surface area (Å²) in [5, 5.41) is 0. The van der Waals surface area contributed by atoms with Gasteiger partial charge in [-0.25, -0.2) is 0 Å². The van der Waals surface area contributed by atoms with E-state index in [1.54, 1.807) is 5.57 Å². The Hall–Kier alpha value is 0.448. The van der Waals surface area contributed by atoms with Crippen LogP contribution in [0, 0.1) is 11.8 Å². The molecule has 8 heteroatoms. The van der Waals surface area contributed by atoms with Crippen LogP contribution in [0.1, 0.15) is 26.2 Å². The lowest BCUT2D eigenvalue weighted by Crippen LogP contribution is -2.39. The van der Waals surface area contributed by atoms with E-state index in [0.717, 1.165) is 11.8 Å². The van der Waals surface area contributed by atoms with Crippen molar-refractivity contribution < 1.29 is 16.5 Å². The zero-order valence-corrected chi connectivity index (χ0v) is 15.7. The van der Waals surface area contributed by atoms with E-state index in [2.05, 4.69) is 13.0 Å². The summed E-state index contributed by atoms with van der Waals surface area (Å²) in [6.07, 6.45) is 6.46. The smallest absolute Gasteiger partial charge is 0.310 e. The summed E-state index contributed by atoms with van der Waals surface area (Å²) in [6, 6.07) is 0. The molecule has 4 nitrogen and oxygen atoms in total. The first-order valence-electron chi connectivity index (χ1n) is 6.45. The van der Waals surface area contributed by atoms with Crippen molar-refractivity contribution in [3.63, 3.8) is 0 Å². The van der Waals surface area contributed by atoms with Crippen molar-refractivity contribution in [3.8, 4) is 0 Å². The minimum absolute atomic E-state index is 0.630. The largest absolute Gasteiger partial charge is 0.425 e. The SMILES string of the molecule is CC=C1C2CCC(C2)C1[SiH]1O[SiH2]O[SiH2]O[SiH2]O1. The van der Waals surface area contributed by atoms with Crippen LogP contribution in [0.4, 0.5) is 0 Å². The predicted molar refractivity (Wildman–Crippen MR) is 75.5 cm³/mol. The molecule has 0 aromatic rings. The Labute approximate surface area is 111 Å². The van der Waals surface area contributed by atoms with Gasteiger partial charge in [0.1, 0.15) is 0 Å². The second-order valence-electron chi connectivity index (χ2n) is 5.05. The average molecular weight is 305 g/mol. The molecule has 1 heterocycles. The molecule has 3 atom stereocenters. The summed E-state index contributed by atoms with van der Waals surface area (Å²) in [7, 11) is -3.90. The molecule has 17 heavy (non-hydrogen) atoms. The van der Waals surface area contributed by atoms with E-state index >= 15 is 0 Å². The van der Waals surface area contributed by atoms with Crippen LogP contribution in [0.5, 0.6) is 0 Å². The highest BCUT2D eigenvalue weighted by Crippen LogP contribution is 2.56. The van der Waals surface area contributed by atoms with Gasteiger partial charge >= 0.3 is 9.28 Å². The molecule has 3 fully saturated rings. The zero-order chi connectivity index (χ0) is 11.7. The molecule has 0 amide bonds. The first-order chi connectivity index (χ1) is 8.40. The van der Waals surface area contributed by atoms with E-state index in [1.165, 1.54) is 19.3 Å². The van der Waals surface area contributed by atoms with Crippen molar-refractivity contribution in [1.82, 2.24) is 0 Å². The van der Waals surface area contributed by atoms with Gasteiger partial charge in [0.05, 0.1) is 0 Å². The van der Waals surface area contributed by atoms with Gasteiger partial charge in [-0.05, 0) is 38.0 Å². The lowest BCUT2D eigenvalue weighted by molar-refractivity contribution is 0.312. The van der Waals surface area contributed by atoms with Crippen LogP contribution < -0.4 is 0 Å². The fourth-order valence-corrected chi connectivity index (χ4v) is 13.7. The van der Waals surface area contributed by atoms with Crippen molar-refractivity contribution >= 4 is 39.3 Å². The standard InChI is InChI=1S/C9H20O4Si4/c1-2-8-6-3-4-7(5-6)9(8)17-12-15-10-14-11-16-13-17/h2,6-7,9,17H,3-5,14-16H2,1H3. The van der Waals surface area contributed by atoms with E-state index in [-0.39, 0.29) is 0 Å². The number of allylic oxidation sites excluding steroid dienone is 2. The molecule has 2 aliphatic carbocycles. The van der Waals surface area contributed by atoms with Crippen LogP contribution in [0.25, 0.3) is 0 Å². The van der Waals surface area contributed by atoms with Crippen molar-refractivity contribution in [2.75, 3.05) is 0 Å². The molecule has 2 bridgehead atoms. The summed E-state index contributed by atoms with van der Waals surface area (Å²) in [6.45, 7) is 2.18. The van der Waals surface area contributed by atoms with Gasteiger partial charge in [0.25, 0.3) is 30.0 Å². The fraction of sp³-hybridized carbons (Fsp3) is 0.778. The van der Waals surface area contributed by atoms with E-state index in [9.17, 15) is 0 Å². The molecule has 96 valence electrons. The minimum Gasteiger partial charge on any atom is -0.425 e. The molecular formula is C9H20O4Si4. The first kappa shape index (κ1) is 12.5. The lowest BCUT2D eigenvalue weighted by atomic mass is 9.94. The maximum atomic E-state index is 6.03. The molecule has 0 spiro atoms. The van der Waals surface area contributed by atoms with Gasteiger partial charge in [-0.3, -0.25) is 0 Å². The minimum atomic E-state index is -1.55. The summed E-state index contributed by atoms with van der Waals surface area (Å²) in [5.74, 6) is 1.67. The highest BCUT2D eigenvalue weighted by molar-refractivity contribution is 6.61. The number of hydrogen-bond acceptors (Lipinski definition) is 4. The molecule has 3 unspecified atom stereocenters. The van der Waals surface area contributed by atoms with Crippen LogP contribution in [0.15, 0.2) is 11.6 Å². The predicted octanol–water partition coefficient (Wildman–Crippen LogP) is -0.970. The van der Waals surface area contributed by atoms with Crippen molar-refractivity contribution in [1.29, 1.82) is 0 Å². The molecule has 1 saturated heterocycles. The van der Waals surface area contributed by atoms with Crippen LogP contribution in [0.3, 0.4) is 0 Å². The third kappa shape index (κ3) is 2.45. The van der Waals surface area contributed by atoms with Crippen LogP contribution in [-0.4, -0.2) is 39.3 Å². The Morgan fingerprint density at radius 1 is 1.18 bits per heavy atom. The monoisotopic (exact) mass is 304 g/mol. The molecule has 2 saturated carbocycles. The highest BCUT2D eigenvalue weighted by atomic mass is 28.4.